The average molecular weight is 203 g/mol. The molecule has 0 N–H and O–H groups in total. The smallest absolute Gasteiger partial charge is 0.388 e. The highest BCUT2D eigenvalue weighted by Crippen LogP contribution is 2.14. The molecular weight excluding hydrogens is 188 g/mol. The molecule has 0 aliphatic heterocycles. The van der Waals surface area contributed by atoms with E-state index < -0.39 is 6.61 Å². The van der Waals surface area contributed by atoms with Crippen LogP contribution >= 0.6 is 0 Å². The van der Waals surface area contributed by atoms with E-state index >= 15 is 0 Å². The second-order valence-electron chi connectivity index (χ2n) is 2.49. The Hall–Kier alpha value is -1.19. The van der Waals surface area contributed by atoms with E-state index in [2.05, 4.69) is 9.72 Å². The van der Waals surface area contributed by atoms with Gasteiger partial charge in [-0.05, 0) is 25.0 Å². The third-order valence-corrected chi connectivity index (χ3v) is 1.56. The predicted molar refractivity (Wildman–Crippen MR) is 51.7 cm³/mol. The van der Waals surface area contributed by atoms with Crippen molar-refractivity contribution in [3.05, 3.63) is 23.4 Å². The van der Waals surface area contributed by atoms with E-state index in [1.54, 1.807) is 0 Å². The molecule has 80 valence electrons. The van der Waals surface area contributed by atoms with Gasteiger partial charge in [0.1, 0.15) is 0 Å². The Morgan fingerprint density at radius 3 is 2.21 bits per heavy atom. The molecule has 1 aromatic heterocycles. The maximum atomic E-state index is 11.7. The summed E-state index contributed by atoms with van der Waals surface area (Å²) >= 11 is 0. The van der Waals surface area contributed by atoms with Gasteiger partial charge in [-0.25, -0.2) is 4.98 Å². The molecule has 2 nitrogen and oxygen atoms in total. The number of hydrogen-bond donors (Lipinski definition) is 0. The van der Waals surface area contributed by atoms with Crippen LogP contribution in [0, 0.1) is 13.8 Å². The minimum Gasteiger partial charge on any atom is -0.417 e. The SMILES string of the molecule is CC.Cc1cnc(OC(F)F)cc1C. The van der Waals surface area contributed by atoms with Crippen LogP contribution in [0.3, 0.4) is 0 Å². The molecule has 0 amide bonds. The topological polar surface area (TPSA) is 22.1 Å². The van der Waals surface area contributed by atoms with Gasteiger partial charge in [0, 0.05) is 12.3 Å². The Kier molecular flexibility index (Phi) is 5.76. The lowest BCUT2D eigenvalue weighted by Crippen LogP contribution is -2.03. The van der Waals surface area contributed by atoms with Crippen molar-refractivity contribution in [1.82, 2.24) is 4.98 Å². The first-order chi connectivity index (χ1) is 6.59. The van der Waals surface area contributed by atoms with Crippen LogP contribution in [0.25, 0.3) is 0 Å². The number of alkyl halides is 2. The van der Waals surface area contributed by atoms with E-state index in [1.807, 2.05) is 27.7 Å². The van der Waals surface area contributed by atoms with E-state index in [9.17, 15) is 8.78 Å². The second kappa shape index (κ2) is 6.29. The highest BCUT2D eigenvalue weighted by molar-refractivity contribution is 5.26. The van der Waals surface area contributed by atoms with Gasteiger partial charge in [0.05, 0.1) is 0 Å². The molecule has 0 aromatic carbocycles. The molecule has 0 unspecified atom stereocenters. The Bertz CT molecular complexity index is 277. The number of rotatable bonds is 2. The highest BCUT2D eigenvalue weighted by atomic mass is 19.3. The van der Waals surface area contributed by atoms with Crippen molar-refractivity contribution in [3.8, 4) is 5.88 Å². The van der Waals surface area contributed by atoms with Gasteiger partial charge in [-0.3, -0.25) is 0 Å². The summed E-state index contributed by atoms with van der Waals surface area (Å²) < 4.78 is 27.5. The zero-order valence-corrected chi connectivity index (χ0v) is 8.84. The Morgan fingerprint density at radius 2 is 1.79 bits per heavy atom. The summed E-state index contributed by atoms with van der Waals surface area (Å²) in [6, 6.07) is 1.49. The molecule has 0 saturated heterocycles. The van der Waals surface area contributed by atoms with E-state index in [1.165, 1.54) is 12.3 Å². The van der Waals surface area contributed by atoms with Crippen LogP contribution in [0.5, 0.6) is 5.88 Å². The summed E-state index contributed by atoms with van der Waals surface area (Å²) in [6.07, 6.45) is 1.51. The van der Waals surface area contributed by atoms with Crippen LogP contribution in [0.1, 0.15) is 25.0 Å². The van der Waals surface area contributed by atoms with Gasteiger partial charge in [-0.2, -0.15) is 8.78 Å². The van der Waals surface area contributed by atoms with Gasteiger partial charge >= 0.3 is 6.61 Å². The lowest BCUT2D eigenvalue weighted by Gasteiger charge is -2.04. The summed E-state index contributed by atoms with van der Waals surface area (Å²) in [4.78, 5) is 3.68. The molecule has 1 rings (SSSR count). The van der Waals surface area contributed by atoms with E-state index in [0.29, 0.717) is 0 Å². The highest BCUT2D eigenvalue weighted by Gasteiger charge is 2.05. The third-order valence-electron chi connectivity index (χ3n) is 1.56. The first-order valence-corrected chi connectivity index (χ1v) is 4.47. The fourth-order valence-corrected chi connectivity index (χ4v) is 0.754. The average Bonchev–Trinajstić information content (AvgIpc) is 2.14. The predicted octanol–water partition coefficient (Wildman–Crippen LogP) is 3.33. The van der Waals surface area contributed by atoms with Gasteiger partial charge in [-0.1, -0.05) is 13.8 Å². The van der Waals surface area contributed by atoms with Crippen LogP contribution < -0.4 is 4.74 Å². The number of ether oxygens (including phenoxy) is 1. The Balaban J connectivity index is 0.000000791. The number of hydrogen-bond acceptors (Lipinski definition) is 2. The van der Waals surface area contributed by atoms with Gasteiger partial charge in [0.15, 0.2) is 0 Å². The van der Waals surface area contributed by atoms with Crippen molar-refractivity contribution in [1.29, 1.82) is 0 Å². The van der Waals surface area contributed by atoms with Crippen LogP contribution in [-0.4, -0.2) is 11.6 Å². The Labute approximate surface area is 82.9 Å². The molecule has 0 atom stereocenters. The normalized spacial score (nSPS) is 9.36. The molecule has 4 heteroatoms. The molecule has 0 saturated carbocycles. The molecular formula is C10H15F2NO. The lowest BCUT2D eigenvalue weighted by atomic mass is 10.2. The van der Waals surface area contributed by atoms with Crippen LogP contribution in [0.2, 0.25) is 0 Å². The second-order valence-corrected chi connectivity index (χ2v) is 2.49. The van der Waals surface area contributed by atoms with Crippen molar-refractivity contribution in [2.24, 2.45) is 0 Å². The van der Waals surface area contributed by atoms with Crippen molar-refractivity contribution < 1.29 is 13.5 Å². The minimum absolute atomic E-state index is 0.0342. The molecule has 0 radical (unpaired) electrons. The van der Waals surface area contributed by atoms with Crippen molar-refractivity contribution in [2.75, 3.05) is 0 Å². The van der Waals surface area contributed by atoms with E-state index in [4.69, 9.17) is 0 Å². The van der Waals surface area contributed by atoms with Gasteiger partial charge in [0.2, 0.25) is 5.88 Å². The van der Waals surface area contributed by atoms with Crippen molar-refractivity contribution in [2.45, 2.75) is 34.3 Å². The fraction of sp³-hybridized carbons (Fsp3) is 0.500. The van der Waals surface area contributed by atoms with Gasteiger partial charge in [0.25, 0.3) is 0 Å². The molecule has 0 spiro atoms. The van der Waals surface area contributed by atoms with Crippen LogP contribution in [0.4, 0.5) is 8.78 Å². The molecule has 14 heavy (non-hydrogen) atoms. The fourth-order valence-electron chi connectivity index (χ4n) is 0.754. The molecule has 1 aromatic rings. The number of aromatic nitrogens is 1. The summed E-state index contributed by atoms with van der Waals surface area (Å²) in [5.74, 6) is -0.0342. The first kappa shape index (κ1) is 12.8. The van der Waals surface area contributed by atoms with Gasteiger partial charge in [-0.15, -0.1) is 0 Å². The molecule has 0 aliphatic rings. The zero-order chi connectivity index (χ0) is 11.1. The summed E-state index contributed by atoms with van der Waals surface area (Å²) in [5.41, 5.74) is 1.84. The van der Waals surface area contributed by atoms with Crippen molar-refractivity contribution >= 4 is 0 Å². The molecule has 0 bridgehead atoms. The van der Waals surface area contributed by atoms with Crippen molar-refractivity contribution in [3.63, 3.8) is 0 Å². The zero-order valence-electron chi connectivity index (χ0n) is 8.84. The summed E-state index contributed by atoms with van der Waals surface area (Å²) in [5, 5.41) is 0. The first-order valence-electron chi connectivity index (χ1n) is 4.47. The quantitative estimate of drug-likeness (QED) is 0.735. The molecule has 1 heterocycles. The van der Waals surface area contributed by atoms with Gasteiger partial charge < -0.3 is 4.74 Å². The Morgan fingerprint density at radius 1 is 1.21 bits per heavy atom. The van der Waals surface area contributed by atoms with Crippen LogP contribution in [0.15, 0.2) is 12.3 Å². The summed E-state index contributed by atoms with van der Waals surface area (Å²) in [6.45, 7) is 4.86. The monoisotopic (exact) mass is 203 g/mol. The van der Waals surface area contributed by atoms with Crippen LogP contribution in [-0.2, 0) is 0 Å². The maximum Gasteiger partial charge on any atom is 0.388 e. The number of pyridine rings is 1. The number of aryl methyl sites for hydroxylation is 2. The number of halogens is 2. The van der Waals surface area contributed by atoms with E-state index in [0.717, 1.165) is 11.1 Å². The standard InChI is InChI=1S/C8H9F2NO.C2H6/c1-5-3-7(12-8(9)10)11-4-6(5)2;1-2/h3-4,8H,1-2H3;1-2H3. The maximum absolute atomic E-state index is 11.7. The number of nitrogens with zero attached hydrogens (tertiary/aromatic N) is 1. The third kappa shape index (κ3) is 4.16. The minimum atomic E-state index is -2.81. The largest absolute Gasteiger partial charge is 0.417 e. The lowest BCUT2D eigenvalue weighted by molar-refractivity contribution is -0.0528. The summed E-state index contributed by atoms with van der Waals surface area (Å²) in [7, 11) is 0. The molecule has 0 fully saturated rings. The molecule has 0 aliphatic carbocycles. The van der Waals surface area contributed by atoms with E-state index in [-0.39, 0.29) is 5.88 Å².